The van der Waals surface area contributed by atoms with Crippen molar-refractivity contribution >= 4 is 42.0 Å². The van der Waals surface area contributed by atoms with Gasteiger partial charge in [-0.05, 0) is 30.7 Å². The molecule has 3 aromatic carbocycles. The van der Waals surface area contributed by atoms with Crippen LogP contribution in [0.25, 0.3) is 0 Å². The monoisotopic (exact) mass is 354 g/mol. The second-order valence-electron chi connectivity index (χ2n) is 5.95. The Bertz CT molecular complexity index is 895. The van der Waals surface area contributed by atoms with Crippen LogP contribution in [0.3, 0.4) is 0 Å². The van der Waals surface area contributed by atoms with E-state index >= 15 is 0 Å². The normalized spacial score (nSPS) is 16.0. The Kier molecular flexibility index (Phi) is 5.14. The smallest absolute Gasteiger partial charge is 0.103 e. The minimum Gasteiger partial charge on any atom is -0.280 e. The summed E-state index contributed by atoms with van der Waals surface area (Å²) in [6.07, 6.45) is 7.75. The van der Waals surface area contributed by atoms with Crippen LogP contribution in [-0.2, 0) is 0 Å². The van der Waals surface area contributed by atoms with Gasteiger partial charge in [-0.3, -0.25) is 9.98 Å². The summed E-state index contributed by atoms with van der Waals surface area (Å²) < 4.78 is 0. The van der Waals surface area contributed by atoms with Crippen molar-refractivity contribution in [2.45, 2.75) is 6.04 Å². The molecule has 4 rings (SSSR count). The zero-order valence-electron chi connectivity index (χ0n) is 14.3. The van der Waals surface area contributed by atoms with Crippen molar-refractivity contribution in [3.63, 3.8) is 0 Å². The second kappa shape index (κ2) is 8.03. The van der Waals surface area contributed by atoms with Crippen LogP contribution >= 0.6 is 7.92 Å². The first-order valence-corrected chi connectivity index (χ1v) is 9.99. The lowest BCUT2D eigenvalue weighted by Gasteiger charge is -2.20. The SMILES string of the molecule is C1=CC(C=Nc2ccccc2P(c2ccccc2)c2ccccc2)N=C1. The van der Waals surface area contributed by atoms with Crippen LogP contribution in [0.5, 0.6) is 0 Å². The molecule has 0 radical (unpaired) electrons. The summed E-state index contributed by atoms with van der Waals surface area (Å²) in [5.41, 5.74) is 1.02. The molecule has 0 saturated heterocycles. The Morgan fingerprint density at radius 2 is 1.38 bits per heavy atom. The van der Waals surface area contributed by atoms with Crippen LogP contribution < -0.4 is 15.9 Å². The largest absolute Gasteiger partial charge is 0.280 e. The number of hydrogen-bond acceptors (Lipinski definition) is 2. The van der Waals surface area contributed by atoms with E-state index < -0.39 is 7.92 Å². The van der Waals surface area contributed by atoms with Crippen molar-refractivity contribution in [1.29, 1.82) is 0 Å². The molecule has 1 atom stereocenters. The first-order chi connectivity index (χ1) is 12.9. The van der Waals surface area contributed by atoms with Crippen LogP contribution in [0, 0.1) is 0 Å². The van der Waals surface area contributed by atoms with Gasteiger partial charge < -0.3 is 0 Å². The molecule has 1 aliphatic rings. The van der Waals surface area contributed by atoms with Crippen molar-refractivity contribution in [3.8, 4) is 0 Å². The highest BCUT2D eigenvalue weighted by molar-refractivity contribution is 7.80. The number of hydrogen-bond donors (Lipinski definition) is 0. The highest BCUT2D eigenvalue weighted by Crippen LogP contribution is 2.36. The molecule has 0 spiro atoms. The van der Waals surface area contributed by atoms with E-state index in [0.29, 0.717) is 0 Å². The second-order valence-corrected chi connectivity index (χ2v) is 8.13. The van der Waals surface area contributed by atoms with E-state index in [2.05, 4.69) is 83.9 Å². The quantitative estimate of drug-likeness (QED) is 0.486. The number of para-hydroxylation sites is 1. The lowest BCUT2D eigenvalue weighted by molar-refractivity contribution is 1.14. The fourth-order valence-corrected chi connectivity index (χ4v) is 5.34. The highest BCUT2D eigenvalue weighted by atomic mass is 31.1. The van der Waals surface area contributed by atoms with Gasteiger partial charge in [0, 0.05) is 17.7 Å². The Morgan fingerprint density at radius 3 is 2.00 bits per heavy atom. The predicted molar refractivity (Wildman–Crippen MR) is 115 cm³/mol. The standard InChI is InChI=1S/C23H19N2P/c1-3-11-20(12-4-1)26(21-13-5-2-6-14-21)23-16-8-7-15-22(23)25-18-19-10-9-17-24-19/h1-19H. The Labute approximate surface area is 155 Å². The average Bonchev–Trinajstić information content (AvgIpc) is 3.23. The van der Waals surface area contributed by atoms with Crippen molar-refractivity contribution in [2.75, 3.05) is 0 Å². The molecule has 1 aliphatic heterocycles. The number of allylic oxidation sites excluding steroid dienone is 1. The topological polar surface area (TPSA) is 24.7 Å². The molecule has 0 aliphatic carbocycles. The molecule has 1 heterocycles. The zero-order chi connectivity index (χ0) is 17.6. The van der Waals surface area contributed by atoms with Gasteiger partial charge in [0.1, 0.15) is 6.04 Å². The minimum atomic E-state index is -0.661. The van der Waals surface area contributed by atoms with Gasteiger partial charge in [0.15, 0.2) is 0 Å². The van der Waals surface area contributed by atoms with Gasteiger partial charge in [-0.1, -0.05) is 84.9 Å². The molecule has 1 unspecified atom stereocenters. The van der Waals surface area contributed by atoms with E-state index in [-0.39, 0.29) is 6.04 Å². The predicted octanol–water partition coefficient (Wildman–Crippen LogP) is 4.16. The molecule has 26 heavy (non-hydrogen) atoms. The summed E-state index contributed by atoms with van der Waals surface area (Å²) in [6, 6.07) is 29.9. The summed E-state index contributed by atoms with van der Waals surface area (Å²) in [5, 5.41) is 3.92. The van der Waals surface area contributed by atoms with Crippen LogP contribution in [-0.4, -0.2) is 18.5 Å². The average molecular weight is 354 g/mol. The van der Waals surface area contributed by atoms with Gasteiger partial charge in [-0.25, -0.2) is 0 Å². The van der Waals surface area contributed by atoms with Gasteiger partial charge in [0.05, 0.1) is 5.69 Å². The number of rotatable bonds is 5. The molecule has 0 amide bonds. The van der Waals surface area contributed by atoms with Crippen molar-refractivity contribution in [3.05, 3.63) is 97.1 Å². The molecule has 0 aromatic heterocycles. The third-order valence-corrected chi connectivity index (χ3v) is 6.66. The lowest BCUT2D eigenvalue weighted by Crippen LogP contribution is -2.20. The Balaban J connectivity index is 1.79. The number of nitrogens with zero attached hydrogens (tertiary/aromatic N) is 2. The fraction of sp³-hybridized carbons (Fsp3) is 0.0435. The Hall–Kier alpha value is -2.83. The maximum Gasteiger partial charge on any atom is 0.103 e. The van der Waals surface area contributed by atoms with Gasteiger partial charge in [-0.2, -0.15) is 0 Å². The molecule has 3 aromatic rings. The molecular weight excluding hydrogens is 335 g/mol. The van der Waals surface area contributed by atoms with Gasteiger partial charge >= 0.3 is 0 Å². The number of aliphatic imine (C=N–C) groups is 2. The van der Waals surface area contributed by atoms with E-state index in [9.17, 15) is 0 Å². The first kappa shape index (κ1) is 16.6. The van der Waals surface area contributed by atoms with Gasteiger partial charge in [0.25, 0.3) is 0 Å². The third-order valence-electron chi connectivity index (χ3n) is 4.17. The van der Waals surface area contributed by atoms with Crippen LogP contribution in [0.1, 0.15) is 0 Å². The fourth-order valence-electron chi connectivity index (χ4n) is 2.95. The lowest BCUT2D eigenvalue weighted by atomic mass is 10.3. The van der Waals surface area contributed by atoms with E-state index in [4.69, 9.17) is 4.99 Å². The van der Waals surface area contributed by atoms with Gasteiger partial charge in [0.2, 0.25) is 0 Å². The molecule has 0 fully saturated rings. The molecule has 2 nitrogen and oxygen atoms in total. The van der Waals surface area contributed by atoms with Crippen molar-refractivity contribution in [1.82, 2.24) is 0 Å². The van der Waals surface area contributed by atoms with E-state index in [0.717, 1.165) is 5.69 Å². The number of benzene rings is 3. The van der Waals surface area contributed by atoms with Crippen molar-refractivity contribution in [2.24, 2.45) is 9.98 Å². The van der Waals surface area contributed by atoms with Crippen LogP contribution in [0.15, 0.2) is 107 Å². The third kappa shape index (κ3) is 3.71. The summed E-state index contributed by atoms with van der Waals surface area (Å²) >= 11 is 0. The van der Waals surface area contributed by atoms with Crippen LogP contribution in [0.4, 0.5) is 5.69 Å². The van der Waals surface area contributed by atoms with E-state index in [1.807, 2.05) is 30.6 Å². The summed E-state index contributed by atoms with van der Waals surface area (Å²) in [7, 11) is -0.661. The molecule has 0 saturated carbocycles. The molecule has 126 valence electrons. The van der Waals surface area contributed by atoms with E-state index in [1.54, 1.807) is 0 Å². The Morgan fingerprint density at radius 1 is 0.769 bits per heavy atom. The molecule has 3 heteroatoms. The summed E-state index contributed by atoms with van der Waals surface area (Å²) in [4.78, 5) is 9.15. The zero-order valence-corrected chi connectivity index (χ0v) is 15.2. The minimum absolute atomic E-state index is 0.0442. The molecular formula is C23H19N2P. The van der Waals surface area contributed by atoms with Gasteiger partial charge in [-0.15, -0.1) is 0 Å². The van der Waals surface area contributed by atoms with Crippen LogP contribution in [0.2, 0.25) is 0 Å². The first-order valence-electron chi connectivity index (χ1n) is 8.65. The molecule has 0 N–H and O–H groups in total. The summed E-state index contributed by atoms with van der Waals surface area (Å²) in [5.74, 6) is 0. The molecule has 0 bridgehead atoms. The van der Waals surface area contributed by atoms with Crippen molar-refractivity contribution < 1.29 is 0 Å². The maximum atomic E-state index is 4.79. The highest BCUT2D eigenvalue weighted by Gasteiger charge is 2.18. The summed E-state index contributed by atoms with van der Waals surface area (Å²) in [6.45, 7) is 0. The maximum absolute atomic E-state index is 4.79. The van der Waals surface area contributed by atoms with E-state index in [1.165, 1.54) is 15.9 Å².